The van der Waals surface area contributed by atoms with Crippen molar-refractivity contribution in [1.82, 2.24) is 0 Å². The molecule has 0 aromatic heterocycles. The third-order valence-corrected chi connectivity index (χ3v) is 3.67. The smallest absolute Gasteiger partial charge is 0.119 e. The first-order valence-electron chi connectivity index (χ1n) is 6.77. The Kier molecular flexibility index (Phi) is 4.25. The Morgan fingerprint density at radius 2 is 2.22 bits per heavy atom. The molecule has 2 atom stereocenters. The number of hydrogen-bond donors (Lipinski definition) is 2. The Morgan fingerprint density at radius 3 is 2.94 bits per heavy atom. The van der Waals surface area contributed by atoms with Gasteiger partial charge in [-0.25, -0.2) is 0 Å². The van der Waals surface area contributed by atoms with E-state index in [0.717, 1.165) is 25.0 Å². The molecule has 0 saturated carbocycles. The van der Waals surface area contributed by atoms with Crippen molar-refractivity contribution in [1.29, 1.82) is 0 Å². The first kappa shape index (κ1) is 13.4. The zero-order valence-corrected chi connectivity index (χ0v) is 11.2. The van der Waals surface area contributed by atoms with E-state index >= 15 is 0 Å². The molecule has 3 N–H and O–H groups in total. The lowest BCUT2D eigenvalue weighted by Gasteiger charge is -2.23. The molecule has 2 unspecified atom stereocenters. The van der Waals surface area contributed by atoms with Gasteiger partial charge >= 0.3 is 0 Å². The molecule has 0 spiro atoms. The van der Waals surface area contributed by atoms with Crippen LogP contribution in [-0.2, 0) is 6.42 Å². The number of aliphatic hydroxyl groups is 1. The van der Waals surface area contributed by atoms with E-state index in [0.29, 0.717) is 6.61 Å². The monoisotopic (exact) mass is 249 g/mol. The van der Waals surface area contributed by atoms with Gasteiger partial charge in [0, 0.05) is 6.04 Å². The van der Waals surface area contributed by atoms with Crippen LogP contribution >= 0.6 is 0 Å². The Bertz CT molecular complexity index is 403. The van der Waals surface area contributed by atoms with Crippen molar-refractivity contribution in [2.75, 3.05) is 6.61 Å². The van der Waals surface area contributed by atoms with Gasteiger partial charge in [-0.05, 0) is 48.4 Å². The van der Waals surface area contributed by atoms with Gasteiger partial charge < -0.3 is 15.6 Å². The quantitative estimate of drug-likeness (QED) is 0.861. The number of hydrogen-bond acceptors (Lipinski definition) is 3. The average Bonchev–Trinajstić information content (AvgIpc) is 2.36. The normalized spacial score (nSPS) is 20.6. The topological polar surface area (TPSA) is 55.5 Å². The number of nitrogens with two attached hydrogens (primary N) is 1. The molecule has 0 saturated heterocycles. The number of aliphatic hydroxyl groups excluding tert-OH is 1. The molecule has 3 heteroatoms. The molecule has 0 bridgehead atoms. The van der Waals surface area contributed by atoms with Gasteiger partial charge in [-0.15, -0.1) is 0 Å². The first-order chi connectivity index (χ1) is 8.58. The van der Waals surface area contributed by atoms with Crippen LogP contribution in [0.1, 0.15) is 43.9 Å². The molecule has 0 aliphatic heterocycles. The minimum absolute atomic E-state index is 0.170. The van der Waals surface area contributed by atoms with E-state index in [1.165, 1.54) is 11.1 Å². The highest BCUT2D eigenvalue weighted by molar-refractivity contribution is 5.38. The second-order valence-electron chi connectivity index (χ2n) is 5.48. The highest BCUT2D eigenvalue weighted by Gasteiger charge is 2.17. The van der Waals surface area contributed by atoms with E-state index in [2.05, 4.69) is 12.1 Å². The molecule has 0 amide bonds. The average molecular weight is 249 g/mol. The summed E-state index contributed by atoms with van der Waals surface area (Å²) in [6.07, 6.45) is 2.88. The van der Waals surface area contributed by atoms with Gasteiger partial charge in [0.05, 0.1) is 6.10 Å². The molecular formula is C15H23NO2. The molecule has 2 rings (SSSR count). The molecule has 0 heterocycles. The summed E-state index contributed by atoms with van der Waals surface area (Å²) in [5.41, 5.74) is 8.62. The van der Waals surface area contributed by atoms with Crippen LogP contribution in [0.2, 0.25) is 0 Å². The number of benzene rings is 1. The third kappa shape index (κ3) is 3.03. The van der Waals surface area contributed by atoms with Gasteiger partial charge in [-0.2, -0.15) is 0 Å². The summed E-state index contributed by atoms with van der Waals surface area (Å²) in [7, 11) is 0. The summed E-state index contributed by atoms with van der Waals surface area (Å²) in [5.74, 6) is 1.05. The van der Waals surface area contributed by atoms with Crippen molar-refractivity contribution >= 4 is 0 Å². The summed E-state index contributed by atoms with van der Waals surface area (Å²) >= 11 is 0. The van der Waals surface area contributed by atoms with Crippen molar-refractivity contribution in [2.45, 2.75) is 45.3 Å². The van der Waals surface area contributed by atoms with Crippen LogP contribution in [-0.4, -0.2) is 17.8 Å². The van der Waals surface area contributed by atoms with Crippen LogP contribution < -0.4 is 10.5 Å². The van der Waals surface area contributed by atoms with Crippen LogP contribution in [0, 0.1) is 5.92 Å². The zero-order chi connectivity index (χ0) is 13.1. The van der Waals surface area contributed by atoms with Crippen molar-refractivity contribution in [3.63, 3.8) is 0 Å². The zero-order valence-electron chi connectivity index (χ0n) is 11.2. The first-order valence-corrected chi connectivity index (χ1v) is 6.77. The van der Waals surface area contributed by atoms with Crippen molar-refractivity contribution in [2.24, 2.45) is 11.7 Å². The maximum absolute atomic E-state index is 9.72. The van der Waals surface area contributed by atoms with Crippen LogP contribution in [0.3, 0.4) is 0 Å². The van der Waals surface area contributed by atoms with Gasteiger partial charge in [0.15, 0.2) is 0 Å². The largest absolute Gasteiger partial charge is 0.491 e. The fourth-order valence-corrected chi connectivity index (χ4v) is 2.29. The van der Waals surface area contributed by atoms with Gasteiger partial charge in [0.2, 0.25) is 0 Å². The van der Waals surface area contributed by atoms with E-state index in [-0.39, 0.29) is 12.0 Å². The maximum Gasteiger partial charge on any atom is 0.119 e. The molecule has 1 aliphatic rings. The number of rotatable bonds is 4. The number of aryl methyl sites for hydroxylation is 1. The fraction of sp³-hybridized carbons (Fsp3) is 0.600. The summed E-state index contributed by atoms with van der Waals surface area (Å²) in [6.45, 7) is 4.32. The molecule has 18 heavy (non-hydrogen) atoms. The van der Waals surface area contributed by atoms with Gasteiger partial charge in [-0.1, -0.05) is 19.9 Å². The molecule has 3 nitrogen and oxygen atoms in total. The van der Waals surface area contributed by atoms with E-state index in [4.69, 9.17) is 10.5 Å². The molecule has 0 fully saturated rings. The molecule has 100 valence electrons. The molecular weight excluding hydrogens is 226 g/mol. The van der Waals surface area contributed by atoms with Crippen LogP contribution in [0.25, 0.3) is 0 Å². The SMILES string of the molecule is CC(C)C(O)COc1ccc2c(c1)CCCC2N. The van der Waals surface area contributed by atoms with E-state index in [1.54, 1.807) is 0 Å². The second kappa shape index (κ2) is 5.72. The Balaban J connectivity index is 2.03. The van der Waals surface area contributed by atoms with Crippen molar-refractivity contribution < 1.29 is 9.84 Å². The van der Waals surface area contributed by atoms with Crippen LogP contribution in [0.4, 0.5) is 0 Å². The Labute approximate surface area is 109 Å². The Morgan fingerprint density at radius 1 is 1.44 bits per heavy atom. The fourth-order valence-electron chi connectivity index (χ4n) is 2.29. The number of ether oxygens (including phenoxy) is 1. The van der Waals surface area contributed by atoms with Crippen LogP contribution in [0.5, 0.6) is 5.75 Å². The second-order valence-corrected chi connectivity index (χ2v) is 5.48. The van der Waals surface area contributed by atoms with Gasteiger partial charge in [-0.3, -0.25) is 0 Å². The van der Waals surface area contributed by atoms with Crippen LogP contribution in [0.15, 0.2) is 18.2 Å². The standard InChI is InChI=1S/C15H23NO2/c1-10(2)15(17)9-18-12-6-7-13-11(8-12)4-3-5-14(13)16/h6-8,10,14-15,17H,3-5,9,16H2,1-2H3. The maximum atomic E-state index is 9.72. The van der Waals surface area contributed by atoms with Crippen molar-refractivity contribution in [3.05, 3.63) is 29.3 Å². The van der Waals surface area contributed by atoms with E-state index in [1.807, 2.05) is 19.9 Å². The summed E-state index contributed by atoms with van der Waals surface area (Å²) in [6, 6.07) is 6.26. The number of fused-ring (bicyclic) bond motifs is 1. The molecule has 1 aliphatic carbocycles. The highest BCUT2D eigenvalue weighted by atomic mass is 16.5. The lowest BCUT2D eigenvalue weighted by molar-refractivity contribution is 0.0701. The predicted molar refractivity (Wildman–Crippen MR) is 72.6 cm³/mol. The summed E-state index contributed by atoms with van der Waals surface area (Å²) in [5, 5.41) is 9.72. The molecule has 1 aromatic rings. The van der Waals surface area contributed by atoms with E-state index in [9.17, 15) is 5.11 Å². The van der Waals surface area contributed by atoms with Gasteiger partial charge in [0.1, 0.15) is 12.4 Å². The minimum atomic E-state index is -0.414. The third-order valence-electron chi connectivity index (χ3n) is 3.67. The van der Waals surface area contributed by atoms with Gasteiger partial charge in [0.25, 0.3) is 0 Å². The predicted octanol–water partition coefficient (Wildman–Crippen LogP) is 2.42. The lowest BCUT2D eigenvalue weighted by atomic mass is 9.88. The lowest BCUT2D eigenvalue weighted by Crippen LogP contribution is -2.23. The highest BCUT2D eigenvalue weighted by Crippen LogP contribution is 2.30. The van der Waals surface area contributed by atoms with Crippen molar-refractivity contribution in [3.8, 4) is 5.75 Å². The summed E-state index contributed by atoms with van der Waals surface area (Å²) < 4.78 is 5.64. The molecule has 0 radical (unpaired) electrons. The summed E-state index contributed by atoms with van der Waals surface area (Å²) in [4.78, 5) is 0. The Hall–Kier alpha value is -1.06. The van der Waals surface area contributed by atoms with E-state index < -0.39 is 6.10 Å². The molecule has 1 aromatic carbocycles. The minimum Gasteiger partial charge on any atom is -0.491 e.